The fourth-order valence-corrected chi connectivity index (χ4v) is 3.04. The number of ether oxygens (including phenoxy) is 3. The first-order valence-electron chi connectivity index (χ1n) is 9.65. The molecule has 30 heavy (non-hydrogen) atoms. The van der Waals surface area contributed by atoms with Gasteiger partial charge in [0, 0.05) is 32.2 Å². The zero-order chi connectivity index (χ0) is 22.0. The van der Waals surface area contributed by atoms with Crippen molar-refractivity contribution in [3.63, 3.8) is 0 Å². The Balaban J connectivity index is 1.82. The number of esters is 1. The first-order chi connectivity index (χ1) is 14.4. The summed E-state index contributed by atoms with van der Waals surface area (Å²) in [7, 11) is -2.06. The van der Waals surface area contributed by atoms with Gasteiger partial charge in [-0.1, -0.05) is 18.2 Å². The molecule has 0 aliphatic carbocycles. The third kappa shape index (κ3) is 7.64. The highest BCUT2D eigenvalue weighted by Gasteiger charge is 2.19. The summed E-state index contributed by atoms with van der Waals surface area (Å²) in [5, 5.41) is 0. The summed E-state index contributed by atoms with van der Waals surface area (Å²) in [6.07, 6.45) is 1.96. The predicted octanol–water partition coefficient (Wildman–Crippen LogP) is 2.55. The molecule has 0 bridgehead atoms. The minimum absolute atomic E-state index is 0.0800. The van der Waals surface area contributed by atoms with Gasteiger partial charge in [0.2, 0.25) is 5.88 Å². The highest BCUT2D eigenvalue weighted by Crippen LogP contribution is 2.16. The van der Waals surface area contributed by atoms with Gasteiger partial charge < -0.3 is 18.4 Å². The van der Waals surface area contributed by atoms with E-state index in [1.54, 1.807) is 43.5 Å². The molecule has 0 fully saturated rings. The molecule has 0 aliphatic rings. The third-order valence-electron chi connectivity index (χ3n) is 4.19. The first-order valence-corrected chi connectivity index (χ1v) is 11.2. The molecule has 0 spiro atoms. The lowest BCUT2D eigenvalue weighted by molar-refractivity contribution is -0.154. The highest BCUT2D eigenvalue weighted by molar-refractivity contribution is 7.87. The van der Waals surface area contributed by atoms with Crippen LogP contribution in [-0.4, -0.2) is 51.6 Å². The van der Waals surface area contributed by atoms with Crippen LogP contribution in [0.15, 0.2) is 42.6 Å². The van der Waals surface area contributed by atoms with Crippen molar-refractivity contribution in [1.29, 1.82) is 0 Å². The number of benzene rings is 1. The van der Waals surface area contributed by atoms with Crippen molar-refractivity contribution in [2.45, 2.75) is 32.8 Å². The first kappa shape index (κ1) is 23.6. The maximum absolute atomic E-state index is 11.8. The Morgan fingerprint density at radius 3 is 2.33 bits per heavy atom. The van der Waals surface area contributed by atoms with E-state index in [0.717, 1.165) is 11.1 Å². The minimum Gasteiger partial charge on any atom is -0.477 e. The molecule has 2 aromatic rings. The van der Waals surface area contributed by atoms with E-state index in [9.17, 15) is 13.2 Å². The van der Waals surface area contributed by atoms with Gasteiger partial charge in [-0.2, -0.15) is 8.42 Å². The number of hydrogen-bond acceptors (Lipinski definition) is 8. The molecule has 0 N–H and O–H groups in total. The van der Waals surface area contributed by atoms with Gasteiger partial charge in [0.1, 0.15) is 5.75 Å². The second-order valence-electron chi connectivity index (χ2n) is 6.36. The van der Waals surface area contributed by atoms with Crippen LogP contribution in [-0.2, 0) is 37.2 Å². The molecule has 1 atom stereocenters. The summed E-state index contributed by atoms with van der Waals surface area (Å²) in [6.45, 7) is 3.98. The van der Waals surface area contributed by atoms with Crippen molar-refractivity contribution >= 4 is 16.1 Å². The molecule has 164 valence electrons. The predicted molar refractivity (Wildman–Crippen MR) is 111 cm³/mol. The van der Waals surface area contributed by atoms with Gasteiger partial charge in [0.25, 0.3) is 0 Å². The molecule has 1 heterocycles. The average molecular weight is 438 g/mol. The van der Waals surface area contributed by atoms with Crippen LogP contribution in [0.25, 0.3) is 0 Å². The van der Waals surface area contributed by atoms with Gasteiger partial charge in [-0.15, -0.1) is 0 Å². The van der Waals surface area contributed by atoms with Crippen molar-refractivity contribution in [2.75, 3.05) is 26.1 Å². The van der Waals surface area contributed by atoms with E-state index in [1.807, 2.05) is 6.07 Å². The van der Waals surface area contributed by atoms with Crippen LogP contribution in [0.5, 0.6) is 11.6 Å². The van der Waals surface area contributed by atoms with Gasteiger partial charge in [0.15, 0.2) is 6.10 Å². The van der Waals surface area contributed by atoms with Crippen molar-refractivity contribution in [1.82, 2.24) is 4.98 Å². The average Bonchev–Trinajstić information content (AvgIpc) is 2.74. The zero-order valence-corrected chi connectivity index (χ0v) is 18.2. The topological polar surface area (TPSA) is 101 Å². The van der Waals surface area contributed by atoms with E-state index in [2.05, 4.69) is 4.98 Å². The monoisotopic (exact) mass is 437 g/mol. The lowest BCUT2D eigenvalue weighted by Gasteiger charge is -2.14. The molecule has 1 aromatic carbocycles. The van der Waals surface area contributed by atoms with E-state index in [-0.39, 0.29) is 11.5 Å². The Labute approximate surface area is 177 Å². The normalized spacial score (nSPS) is 12.2. The number of pyridine rings is 1. The van der Waals surface area contributed by atoms with E-state index in [0.29, 0.717) is 31.9 Å². The summed E-state index contributed by atoms with van der Waals surface area (Å²) < 4.78 is 43.7. The Bertz CT molecular complexity index is 896. The van der Waals surface area contributed by atoms with E-state index >= 15 is 0 Å². The molecular formula is C21H27NO7S. The summed E-state index contributed by atoms with van der Waals surface area (Å²) in [5.41, 5.74) is 1.81. The van der Waals surface area contributed by atoms with Crippen molar-refractivity contribution in [2.24, 2.45) is 0 Å². The lowest BCUT2D eigenvalue weighted by atomic mass is 10.1. The number of methoxy groups -OCH3 is 1. The summed E-state index contributed by atoms with van der Waals surface area (Å²) in [6, 6.07) is 10.4. The Morgan fingerprint density at radius 2 is 1.77 bits per heavy atom. The van der Waals surface area contributed by atoms with Crippen molar-refractivity contribution < 1.29 is 31.6 Å². The quantitative estimate of drug-likeness (QED) is 0.369. The van der Waals surface area contributed by atoms with Gasteiger partial charge in [-0.3, -0.25) is 0 Å². The second-order valence-corrected chi connectivity index (χ2v) is 8.22. The number of carbonyl (C=O) groups is 1. The van der Waals surface area contributed by atoms with E-state index < -0.39 is 22.2 Å². The maximum atomic E-state index is 11.8. The van der Waals surface area contributed by atoms with E-state index in [1.165, 1.54) is 14.0 Å². The van der Waals surface area contributed by atoms with Crippen LogP contribution in [0.3, 0.4) is 0 Å². The molecule has 8 nitrogen and oxygen atoms in total. The molecule has 0 radical (unpaired) electrons. The second kappa shape index (κ2) is 11.5. The number of rotatable bonds is 12. The van der Waals surface area contributed by atoms with Crippen molar-refractivity contribution in [3.05, 3.63) is 53.7 Å². The molecular weight excluding hydrogens is 410 g/mol. The van der Waals surface area contributed by atoms with Crippen LogP contribution in [0.1, 0.15) is 25.0 Å². The largest absolute Gasteiger partial charge is 0.477 e. The standard InChI is InChI=1S/C21H27NO7S/c1-4-27-21(23)19(26-3)14-17-8-11-20(22-15-17)28-13-12-16-6-9-18(10-7-16)29-30(24,25)5-2/h6-11,15,19H,4-5,12-14H2,1-3H3. The Morgan fingerprint density at radius 1 is 1.07 bits per heavy atom. The van der Waals surface area contributed by atoms with Crippen LogP contribution < -0.4 is 8.92 Å². The van der Waals surface area contributed by atoms with E-state index in [4.69, 9.17) is 18.4 Å². The van der Waals surface area contributed by atoms with Crippen LogP contribution >= 0.6 is 0 Å². The van der Waals surface area contributed by atoms with Crippen molar-refractivity contribution in [3.8, 4) is 11.6 Å². The zero-order valence-electron chi connectivity index (χ0n) is 17.4. The van der Waals surface area contributed by atoms with Crippen LogP contribution in [0, 0.1) is 0 Å². The van der Waals surface area contributed by atoms with Gasteiger partial charge in [-0.25, -0.2) is 9.78 Å². The van der Waals surface area contributed by atoms with Gasteiger partial charge in [-0.05, 0) is 37.1 Å². The molecule has 0 aliphatic heterocycles. The minimum atomic E-state index is -3.53. The summed E-state index contributed by atoms with van der Waals surface area (Å²) in [5.74, 6) is 0.279. The molecule has 0 saturated carbocycles. The van der Waals surface area contributed by atoms with Gasteiger partial charge in [0.05, 0.1) is 19.0 Å². The molecule has 2 rings (SSSR count). The Kier molecular flexibility index (Phi) is 9.07. The fraction of sp³-hybridized carbons (Fsp3) is 0.429. The number of aromatic nitrogens is 1. The van der Waals surface area contributed by atoms with Crippen LogP contribution in [0.4, 0.5) is 0 Å². The molecule has 1 aromatic heterocycles. The molecule has 0 amide bonds. The number of nitrogens with zero attached hydrogens (tertiary/aromatic N) is 1. The molecule has 9 heteroatoms. The smallest absolute Gasteiger partial charge is 0.335 e. The summed E-state index contributed by atoms with van der Waals surface area (Å²) in [4.78, 5) is 16.0. The van der Waals surface area contributed by atoms with Crippen LogP contribution in [0.2, 0.25) is 0 Å². The SMILES string of the molecule is CCOC(=O)C(Cc1ccc(OCCc2ccc(OS(=O)(=O)CC)cc2)nc1)OC. The number of carbonyl (C=O) groups excluding carboxylic acids is 1. The highest BCUT2D eigenvalue weighted by atomic mass is 32.2. The maximum Gasteiger partial charge on any atom is 0.335 e. The van der Waals surface area contributed by atoms with Gasteiger partial charge >= 0.3 is 16.1 Å². The fourth-order valence-electron chi connectivity index (χ4n) is 2.52. The molecule has 0 saturated heterocycles. The Hall–Kier alpha value is -2.65. The number of hydrogen-bond donors (Lipinski definition) is 0. The molecule has 1 unspecified atom stereocenters. The summed E-state index contributed by atoms with van der Waals surface area (Å²) >= 11 is 0. The third-order valence-corrected chi connectivity index (χ3v) is 5.35. The lowest BCUT2D eigenvalue weighted by Crippen LogP contribution is -2.27.